The molecule has 0 saturated carbocycles. The molecule has 3 aromatic rings. The van der Waals surface area contributed by atoms with Gasteiger partial charge in [0, 0.05) is 11.3 Å². The van der Waals surface area contributed by atoms with Crippen LogP contribution in [0.2, 0.25) is 5.02 Å². The molecular weight excluding hydrogens is 444 g/mol. The maximum atomic E-state index is 12.9. The average Bonchev–Trinajstić information content (AvgIpc) is 3.21. The van der Waals surface area contributed by atoms with Gasteiger partial charge >= 0.3 is 0 Å². The zero-order valence-corrected chi connectivity index (χ0v) is 19.6. The lowest BCUT2D eigenvalue weighted by atomic mass is 10.0. The van der Waals surface area contributed by atoms with Gasteiger partial charge in [0.25, 0.3) is 15.9 Å². The topological polar surface area (TPSA) is 75.3 Å². The zero-order chi connectivity index (χ0) is 22.9. The second-order valence-corrected chi connectivity index (χ2v) is 10.3. The van der Waals surface area contributed by atoms with E-state index in [1.807, 2.05) is 26.0 Å². The third-order valence-electron chi connectivity index (χ3n) is 5.72. The summed E-state index contributed by atoms with van der Waals surface area (Å²) in [5.41, 5.74) is 5.33. The monoisotopic (exact) mass is 468 g/mol. The fourth-order valence-corrected chi connectivity index (χ4v) is 5.57. The van der Waals surface area contributed by atoms with Crippen molar-refractivity contribution in [1.82, 2.24) is 5.32 Å². The Labute approximate surface area is 193 Å². The van der Waals surface area contributed by atoms with Crippen molar-refractivity contribution in [2.45, 2.75) is 44.0 Å². The Morgan fingerprint density at radius 2 is 1.78 bits per heavy atom. The lowest BCUT2D eigenvalue weighted by molar-refractivity contribution is 0.0939. The quantitative estimate of drug-likeness (QED) is 0.506. The van der Waals surface area contributed by atoms with E-state index < -0.39 is 10.0 Å². The highest BCUT2D eigenvalue weighted by atomic mass is 35.5. The van der Waals surface area contributed by atoms with E-state index in [9.17, 15) is 13.2 Å². The lowest BCUT2D eigenvalue weighted by Crippen LogP contribution is -2.27. The summed E-state index contributed by atoms with van der Waals surface area (Å²) < 4.78 is 28.4. The Bertz CT molecular complexity index is 1290. The number of anilines is 1. The molecule has 0 aromatic heterocycles. The first-order chi connectivity index (χ1) is 15.2. The number of halogens is 1. The standard InChI is InChI=1S/C25H25ClN2O3S/c1-16-5-3-8-22(13-16)28-32(30,31)24-15-21(11-12-23(24)26)25(29)27-17(2)19-10-9-18-6-4-7-20(18)14-19/h3,5,8-15,17,28H,4,6-7H2,1-2H3,(H,27,29)/t17-/m1/s1. The normalized spacial score (nSPS) is 14.0. The van der Waals surface area contributed by atoms with Crippen LogP contribution in [0, 0.1) is 6.92 Å². The van der Waals surface area contributed by atoms with Crippen LogP contribution in [0.1, 0.15) is 52.0 Å². The molecule has 7 heteroatoms. The third-order valence-corrected chi connectivity index (χ3v) is 7.59. The summed E-state index contributed by atoms with van der Waals surface area (Å²) in [4.78, 5) is 12.7. The molecule has 0 heterocycles. The molecule has 1 amide bonds. The van der Waals surface area contributed by atoms with Crippen molar-refractivity contribution in [2.75, 3.05) is 4.72 Å². The molecule has 0 bridgehead atoms. The van der Waals surface area contributed by atoms with Gasteiger partial charge in [-0.15, -0.1) is 0 Å². The predicted molar refractivity (Wildman–Crippen MR) is 128 cm³/mol. The SMILES string of the molecule is Cc1cccc(NS(=O)(=O)c2cc(C(=O)N[C@H](C)c3ccc4c(c3)CCC4)ccc2Cl)c1. The molecule has 1 aliphatic rings. The van der Waals surface area contributed by atoms with Gasteiger partial charge in [-0.2, -0.15) is 0 Å². The molecule has 4 rings (SSSR count). The smallest absolute Gasteiger partial charge is 0.263 e. The number of nitrogens with one attached hydrogen (secondary N) is 2. The Hall–Kier alpha value is -2.83. The molecule has 0 spiro atoms. The number of benzene rings is 3. The number of carbonyl (C=O) groups excluding carboxylic acids is 1. The van der Waals surface area contributed by atoms with E-state index in [2.05, 4.69) is 22.2 Å². The van der Waals surface area contributed by atoms with Crippen molar-refractivity contribution >= 4 is 33.2 Å². The minimum absolute atomic E-state index is 0.0494. The predicted octanol–water partition coefficient (Wildman–Crippen LogP) is 5.43. The fourth-order valence-electron chi connectivity index (χ4n) is 3.99. The van der Waals surface area contributed by atoms with Crippen LogP contribution in [-0.4, -0.2) is 14.3 Å². The summed E-state index contributed by atoms with van der Waals surface area (Å²) in [6.45, 7) is 3.79. The number of hydrogen-bond acceptors (Lipinski definition) is 3. The Morgan fingerprint density at radius 1 is 1.00 bits per heavy atom. The second-order valence-electron chi connectivity index (χ2n) is 8.20. The van der Waals surface area contributed by atoms with Crippen LogP contribution >= 0.6 is 11.6 Å². The van der Waals surface area contributed by atoms with E-state index in [-0.39, 0.29) is 27.4 Å². The molecule has 166 valence electrons. The molecule has 0 fully saturated rings. The molecule has 0 aliphatic heterocycles. The summed E-state index contributed by atoms with van der Waals surface area (Å²) in [5.74, 6) is -0.360. The number of rotatable bonds is 6. The van der Waals surface area contributed by atoms with Crippen molar-refractivity contribution in [3.05, 3.63) is 93.5 Å². The van der Waals surface area contributed by atoms with Crippen LogP contribution in [0.25, 0.3) is 0 Å². The van der Waals surface area contributed by atoms with Crippen molar-refractivity contribution in [2.24, 2.45) is 0 Å². The van der Waals surface area contributed by atoms with Gasteiger partial charge in [0.05, 0.1) is 11.1 Å². The first-order valence-corrected chi connectivity index (χ1v) is 12.4. The number of aryl methyl sites for hydroxylation is 3. The molecule has 5 nitrogen and oxygen atoms in total. The molecule has 32 heavy (non-hydrogen) atoms. The summed E-state index contributed by atoms with van der Waals surface area (Å²) in [5, 5.41) is 3.01. The molecular formula is C25H25ClN2O3S. The molecule has 0 unspecified atom stereocenters. The minimum Gasteiger partial charge on any atom is -0.346 e. The van der Waals surface area contributed by atoms with Crippen molar-refractivity contribution in [3.8, 4) is 0 Å². The van der Waals surface area contributed by atoms with Crippen LogP contribution < -0.4 is 10.0 Å². The third kappa shape index (κ3) is 4.81. The van der Waals surface area contributed by atoms with Crippen molar-refractivity contribution in [3.63, 3.8) is 0 Å². The molecule has 2 N–H and O–H groups in total. The number of carbonyl (C=O) groups is 1. The van der Waals surface area contributed by atoms with Gasteiger partial charge < -0.3 is 5.32 Å². The molecule has 0 saturated heterocycles. The number of hydrogen-bond donors (Lipinski definition) is 2. The van der Waals surface area contributed by atoms with Crippen LogP contribution in [0.5, 0.6) is 0 Å². The van der Waals surface area contributed by atoms with Gasteiger partial charge in [-0.3, -0.25) is 9.52 Å². The summed E-state index contributed by atoms with van der Waals surface area (Å²) in [6.07, 6.45) is 3.34. The van der Waals surface area contributed by atoms with Gasteiger partial charge in [0.15, 0.2) is 0 Å². The highest BCUT2D eigenvalue weighted by Crippen LogP contribution is 2.27. The first kappa shape index (κ1) is 22.4. The Morgan fingerprint density at radius 3 is 2.56 bits per heavy atom. The number of fused-ring (bicyclic) bond motifs is 1. The number of amides is 1. The van der Waals surface area contributed by atoms with E-state index in [1.54, 1.807) is 18.2 Å². The van der Waals surface area contributed by atoms with Gasteiger partial charge in [0.2, 0.25) is 0 Å². The maximum absolute atomic E-state index is 12.9. The summed E-state index contributed by atoms with van der Waals surface area (Å²) in [7, 11) is -3.97. The lowest BCUT2D eigenvalue weighted by Gasteiger charge is -2.16. The fraction of sp³-hybridized carbons (Fsp3) is 0.240. The van der Waals surface area contributed by atoms with E-state index in [1.165, 1.54) is 29.3 Å². The average molecular weight is 469 g/mol. The number of sulfonamides is 1. The summed E-state index contributed by atoms with van der Waals surface area (Å²) >= 11 is 6.19. The van der Waals surface area contributed by atoms with E-state index in [0.29, 0.717) is 5.69 Å². The van der Waals surface area contributed by atoms with Crippen LogP contribution in [0.15, 0.2) is 65.6 Å². The van der Waals surface area contributed by atoms with Gasteiger partial charge in [-0.1, -0.05) is 41.9 Å². The molecule has 0 radical (unpaired) electrons. The molecule has 1 aliphatic carbocycles. The van der Waals surface area contributed by atoms with Crippen LogP contribution in [0.3, 0.4) is 0 Å². The van der Waals surface area contributed by atoms with E-state index in [4.69, 9.17) is 11.6 Å². The second kappa shape index (κ2) is 8.96. The van der Waals surface area contributed by atoms with Crippen LogP contribution in [0.4, 0.5) is 5.69 Å². The zero-order valence-electron chi connectivity index (χ0n) is 18.0. The van der Waals surface area contributed by atoms with Crippen molar-refractivity contribution < 1.29 is 13.2 Å². The molecule has 3 aromatic carbocycles. The van der Waals surface area contributed by atoms with Gasteiger partial charge in [-0.25, -0.2) is 8.42 Å². The largest absolute Gasteiger partial charge is 0.346 e. The van der Waals surface area contributed by atoms with E-state index in [0.717, 1.165) is 30.4 Å². The first-order valence-electron chi connectivity index (χ1n) is 10.5. The van der Waals surface area contributed by atoms with Gasteiger partial charge in [-0.05, 0) is 85.7 Å². The summed E-state index contributed by atoms with van der Waals surface area (Å²) in [6, 6.07) is 17.4. The maximum Gasteiger partial charge on any atom is 0.263 e. The highest BCUT2D eigenvalue weighted by Gasteiger charge is 2.22. The van der Waals surface area contributed by atoms with E-state index >= 15 is 0 Å². The van der Waals surface area contributed by atoms with Gasteiger partial charge in [0.1, 0.15) is 4.90 Å². The Kier molecular flexibility index (Phi) is 6.26. The molecule has 1 atom stereocenters. The minimum atomic E-state index is -3.97. The van der Waals surface area contributed by atoms with Crippen LogP contribution in [-0.2, 0) is 22.9 Å². The highest BCUT2D eigenvalue weighted by molar-refractivity contribution is 7.92. The Balaban J connectivity index is 1.54. The van der Waals surface area contributed by atoms with Crippen molar-refractivity contribution in [1.29, 1.82) is 0 Å².